The minimum absolute atomic E-state index is 0.465. The fraction of sp³-hybridized carbons (Fsp3) is 0.154. The molecular formula is C13H12O2. The van der Waals surface area contributed by atoms with E-state index in [0.717, 1.165) is 28.4 Å². The van der Waals surface area contributed by atoms with Crippen molar-refractivity contribution in [3.05, 3.63) is 42.0 Å². The first-order chi connectivity index (χ1) is 7.33. The third-order valence-corrected chi connectivity index (χ3v) is 2.43. The molecule has 76 valence electrons. The average molecular weight is 200 g/mol. The molecule has 0 aliphatic rings. The molecule has 0 aromatic heterocycles. The van der Waals surface area contributed by atoms with E-state index < -0.39 is 0 Å². The molecule has 2 nitrogen and oxygen atoms in total. The van der Waals surface area contributed by atoms with Crippen molar-refractivity contribution in [3.8, 4) is 5.75 Å². The van der Waals surface area contributed by atoms with Crippen LogP contribution in [0.4, 0.5) is 0 Å². The van der Waals surface area contributed by atoms with Crippen LogP contribution in [0.15, 0.2) is 36.4 Å². The van der Waals surface area contributed by atoms with Gasteiger partial charge < -0.3 is 9.53 Å². The molecule has 0 spiro atoms. The Balaban J connectivity index is 2.52. The molecule has 2 rings (SSSR count). The fourth-order valence-corrected chi connectivity index (χ4v) is 1.62. The van der Waals surface area contributed by atoms with Gasteiger partial charge in [0.2, 0.25) is 0 Å². The summed E-state index contributed by atoms with van der Waals surface area (Å²) in [5.41, 5.74) is 1.03. The Labute approximate surface area is 88.5 Å². The van der Waals surface area contributed by atoms with Crippen LogP contribution in [0.3, 0.4) is 0 Å². The maximum absolute atomic E-state index is 10.4. The molecule has 0 N–H and O–H groups in total. The van der Waals surface area contributed by atoms with Crippen molar-refractivity contribution < 1.29 is 9.53 Å². The maximum Gasteiger partial charge on any atom is 0.124 e. The van der Waals surface area contributed by atoms with E-state index in [2.05, 4.69) is 0 Å². The molecule has 0 saturated heterocycles. The van der Waals surface area contributed by atoms with Gasteiger partial charge in [-0.05, 0) is 28.5 Å². The quantitative estimate of drug-likeness (QED) is 0.712. The summed E-state index contributed by atoms with van der Waals surface area (Å²) in [6, 6.07) is 11.9. The number of benzene rings is 2. The molecule has 0 unspecified atom stereocenters. The highest BCUT2D eigenvalue weighted by molar-refractivity contribution is 5.85. The van der Waals surface area contributed by atoms with E-state index in [0.29, 0.717) is 6.42 Å². The van der Waals surface area contributed by atoms with Gasteiger partial charge in [-0.25, -0.2) is 0 Å². The summed E-state index contributed by atoms with van der Waals surface area (Å²) in [6.07, 6.45) is 1.38. The van der Waals surface area contributed by atoms with Crippen molar-refractivity contribution in [3.63, 3.8) is 0 Å². The van der Waals surface area contributed by atoms with E-state index in [-0.39, 0.29) is 0 Å². The molecule has 0 aliphatic heterocycles. The highest BCUT2D eigenvalue weighted by Crippen LogP contribution is 2.21. The van der Waals surface area contributed by atoms with Gasteiger partial charge in [0.15, 0.2) is 0 Å². The summed E-state index contributed by atoms with van der Waals surface area (Å²) in [6.45, 7) is 0. The Bertz CT molecular complexity index is 489. The molecule has 0 saturated carbocycles. The Kier molecular flexibility index (Phi) is 2.68. The van der Waals surface area contributed by atoms with Crippen molar-refractivity contribution in [1.82, 2.24) is 0 Å². The Morgan fingerprint density at radius 2 is 1.93 bits per heavy atom. The zero-order chi connectivity index (χ0) is 10.7. The van der Waals surface area contributed by atoms with Crippen molar-refractivity contribution in [1.29, 1.82) is 0 Å². The van der Waals surface area contributed by atoms with Crippen molar-refractivity contribution in [2.75, 3.05) is 7.11 Å². The standard InChI is InChI=1S/C13H12O2/c1-15-13-5-4-11-3-2-10(6-7-14)8-12(11)9-13/h2-5,7-9H,6H2,1H3. The zero-order valence-corrected chi connectivity index (χ0v) is 8.57. The van der Waals surface area contributed by atoms with E-state index in [4.69, 9.17) is 4.74 Å². The first-order valence-electron chi connectivity index (χ1n) is 4.84. The van der Waals surface area contributed by atoms with Gasteiger partial charge in [-0.15, -0.1) is 0 Å². The second-order valence-electron chi connectivity index (χ2n) is 3.42. The molecule has 0 radical (unpaired) electrons. The van der Waals surface area contributed by atoms with E-state index in [9.17, 15) is 4.79 Å². The lowest BCUT2D eigenvalue weighted by Crippen LogP contribution is -1.86. The monoisotopic (exact) mass is 200 g/mol. The van der Waals surface area contributed by atoms with Gasteiger partial charge in [-0.3, -0.25) is 0 Å². The largest absolute Gasteiger partial charge is 0.497 e. The van der Waals surface area contributed by atoms with Crippen LogP contribution in [-0.2, 0) is 11.2 Å². The summed E-state index contributed by atoms with van der Waals surface area (Å²) in [7, 11) is 1.65. The summed E-state index contributed by atoms with van der Waals surface area (Å²) in [5, 5.41) is 2.26. The van der Waals surface area contributed by atoms with Gasteiger partial charge in [0.25, 0.3) is 0 Å². The molecule has 2 heteroatoms. The second-order valence-corrected chi connectivity index (χ2v) is 3.42. The number of fused-ring (bicyclic) bond motifs is 1. The highest BCUT2D eigenvalue weighted by atomic mass is 16.5. The van der Waals surface area contributed by atoms with Crippen LogP contribution in [0.5, 0.6) is 5.75 Å². The molecule has 0 bridgehead atoms. The predicted octanol–water partition coefficient (Wildman–Crippen LogP) is 2.59. The highest BCUT2D eigenvalue weighted by Gasteiger charge is 1.98. The third kappa shape index (κ3) is 1.99. The number of hydrogen-bond donors (Lipinski definition) is 0. The van der Waals surface area contributed by atoms with E-state index in [1.54, 1.807) is 7.11 Å². The van der Waals surface area contributed by atoms with Crippen molar-refractivity contribution in [2.45, 2.75) is 6.42 Å². The molecule has 0 fully saturated rings. The van der Waals surface area contributed by atoms with Gasteiger partial charge in [-0.1, -0.05) is 24.3 Å². The SMILES string of the molecule is COc1ccc2ccc(CC=O)cc2c1. The van der Waals surface area contributed by atoms with E-state index in [1.165, 1.54) is 0 Å². The average Bonchev–Trinajstić information content (AvgIpc) is 2.28. The van der Waals surface area contributed by atoms with Crippen LogP contribution >= 0.6 is 0 Å². The lowest BCUT2D eigenvalue weighted by molar-refractivity contribution is -0.107. The molecule has 0 heterocycles. The normalized spacial score (nSPS) is 10.2. The third-order valence-electron chi connectivity index (χ3n) is 2.43. The molecule has 2 aromatic rings. The lowest BCUT2D eigenvalue weighted by atomic mass is 10.1. The van der Waals surface area contributed by atoms with Crippen LogP contribution in [0.25, 0.3) is 10.8 Å². The van der Waals surface area contributed by atoms with Crippen LogP contribution in [0, 0.1) is 0 Å². The Morgan fingerprint density at radius 1 is 1.13 bits per heavy atom. The molecule has 0 atom stereocenters. The van der Waals surface area contributed by atoms with Crippen molar-refractivity contribution >= 4 is 17.1 Å². The molecule has 15 heavy (non-hydrogen) atoms. The number of rotatable bonds is 3. The molecule has 0 aliphatic carbocycles. The van der Waals surface area contributed by atoms with Crippen LogP contribution in [0.1, 0.15) is 5.56 Å². The van der Waals surface area contributed by atoms with Crippen molar-refractivity contribution in [2.24, 2.45) is 0 Å². The lowest BCUT2D eigenvalue weighted by Gasteiger charge is -2.03. The van der Waals surface area contributed by atoms with Gasteiger partial charge in [-0.2, -0.15) is 0 Å². The van der Waals surface area contributed by atoms with Gasteiger partial charge in [0.1, 0.15) is 12.0 Å². The van der Waals surface area contributed by atoms with Crippen LogP contribution in [0.2, 0.25) is 0 Å². The van der Waals surface area contributed by atoms with E-state index in [1.807, 2.05) is 36.4 Å². The number of hydrogen-bond acceptors (Lipinski definition) is 2. The number of carbonyl (C=O) groups is 1. The summed E-state index contributed by atoms with van der Waals surface area (Å²) >= 11 is 0. The number of ether oxygens (including phenoxy) is 1. The predicted molar refractivity (Wildman–Crippen MR) is 60.3 cm³/mol. The maximum atomic E-state index is 10.4. The van der Waals surface area contributed by atoms with Crippen LogP contribution < -0.4 is 4.74 Å². The fourth-order valence-electron chi connectivity index (χ4n) is 1.62. The Morgan fingerprint density at radius 3 is 2.67 bits per heavy atom. The Hall–Kier alpha value is -1.83. The first-order valence-corrected chi connectivity index (χ1v) is 4.84. The zero-order valence-electron chi connectivity index (χ0n) is 8.57. The molecule has 0 amide bonds. The number of methoxy groups -OCH3 is 1. The summed E-state index contributed by atoms with van der Waals surface area (Å²) in [5.74, 6) is 0.839. The number of carbonyl (C=O) groups excluding carboxylic acids is 1. The minimum atomic E-state index is 0.465. The van der Waals surface area contributed by atoms with Gasteiger partial charge in [0, 0.05) is 6.42 Å². The van der Waals surface area contributed by atoms with E-state index >= 15 is 0 Å². The topological polar surface area (TPSA) is 26.3 Å². The summed E-state index contributed by atoms with van der Waals surface area (Å²) in [4.78, 5) is 10.4. The van der Waals surface area contributed by atoms with Crippen LogP contribution in [-0.4, -0.2) is 13.4 Å². The second kappa shape index (κ2) is 4.13. The number of aldehydes is 1. The van der Waals surface area contributed by atoms with Gasteiger partial charge in [0.05, 0.1) is 7.11 Å². The minimum Gasteiger partial charge on any atom is -0.497 e. The molecular weight excluding hydrogens is 188 g/mol. The van der Waals surface area contributed by atoms with Gasteiger partial charge >= 0.3 is 0 Å². The summed E-state index contributed by atoms with van der Waals surface area (Å²) < 4.78 is 5.15. The smallest absolute Gasteiger partial charge is 0.124 e. The molecule has 2 aromatic carbocycles. The first kappa shape index (κ1) is 9.71.